The highest BCUT2D eigenvalue weighted by atomic mass is 16.5. The molecule has 0 spiro atoms. The zero-order valence-electron chi connectivity index (χ0n) is 6.46. The highest BCUT2D eigenvalue weighted by molar-refractivity contribution is 5.76. The number of hydrogen-bond donors (Lipinski definition) is 0. The summed E-state index contributed by atoms with van der Waals surface area (Å²) >= 11 is 0. The molecule has 1 aliphatic heterocycles. The summed E-state index contributed by atoms with van der Waals surface area (Å²) in [6.45, 7) is 3.47. The molecule has 1 atom stereocenters. The van der Waals surface area contributed by atoms with Gasteiger partial charge >= 0.3 is 0 Å². The van der Waals surface area contributed by atoms with Crippen LogP contribution < -0.4 is 0 Å². The van der Waals surface area contributed by atoms with Crippen molar-refractivity contribution in [2.75, 3.05) is 20.3 Å². The summed E-state index contributed by atoms with van der Waals surface area (Å²) in [6, 6.07) is 0. The van der Waals surface area contributed by atoms with E-state index in [4.69, 9.17) is 9.47 Å². The molecule has 1 aliphatic rings. The van der Waals surface area contributed by atoms with Crippen LogP contribution in [0.2, 0.25) is 0 Å². The van der Waals surface area contributed by atoms with E-state index in [-0.39, 0.29) is 6.10 Å². The van der Waals surface area contributed by atoms with Crippen LogP contribution in [0.25, 0.3) is 0 Å². The minimum atomic E-state index is 0.243. The lowest BCUT2D eigenvalue weighted by Gasteiger charge is -2.04. The predicted molar refractivity (Wildman–Crippen MR) is 39.3 cm³/mol. The highest BCUT2D eigenvalue weighted by Gasteiger charge is 2.08. The molecule has 0 saturated carbocycles. The molecular weight excluding hydrogens is 130 g/mol. The lowest BCUT2D eigenvalue weighted by atomic mass is 10.4. The maximum absolute atomic E-state index is 5.34. The number of hydrogen-bond acceptors (Lipinski definition) is 3. The van der Waals surface area contributed by atoms with Crippen LogP contribution in [-0.4, -0.2) is 32.3 Å². The average molecular weight is 143 g/mol. The Morgan fingerprint density at radius 1 is 1.70 bits per heavy atom. The summed E-state index contributed by atoms with van der Waals surface area (Å²) in [5.41, 5.74) is 0. The van der Waals surface area contributed by atoms with Gasteiger partial charge in [0.2, 0.25) is 0 Å². The van der Waals surface area contributed by atoms with Crippen LogP contribution in [0.3, 0.4) is 0 Å². The molecule has 0 fully saturated rings. The fourth-order valence-corrected chi connectivity index (χ4v) is 0.876. The Bertz CT molecular complexity index is 134. The summed E-state index contributed by atoms with van der Waals surface area (Å²) in [7, 11) is 1.65. The Morgan fingerprint density at radius 2 is 2.50 bits per heavy atom. The van der Waals surface area contributed by atoms with E-state index >= 15 is 0 Å². The van der Waals surface area contributed by atoms with Gasteiger partial charge in [-0.05, 0) is 6.92 Å². The van der Waals surface area contributed by atoms with Crippen molar-refractivity contribution in [3.63, 3.8) is 0 Å². The molecule has 0 radical (unpaired) electrons. The van der Waals surface area contributed by atoms with Crippen molar-refractivity contribution in [1.82, 2.24) is 0 Å². The quantitative estimate of drug-likeness (QED) is 0.503. The van der Waals surface area contributed by atoms with Gasteiger partial charge in [0.05, 0.1) is 26.4 Å². The summed E-state index contributed by atoms with van der Waals surface area (Å²) in [6.07, 6.45) is 1.05. The van der Waals surface area contributed by atoms with Crippen molar-refractivity contribution < 1.29 is 9.47 Å². The third kappa shape index (κ3) is 1.99. The second-order valence-electron chi connectivity index (χ2n) is 2.37. The first-order chi connectivity index (χ1) is 4.83. The first-order valence-electron chi connectivity index (χ1n) is 3.52. The molecule has 0 aromatic carbocycles. The van der Waals surface area contributed by atoms with Crippen molar-refractivity contribution in [2.45, 2.75) is 19.4 Å². The second-order valence-corrected chi connectivity index (χ2v) is 2.37. The van der Waals surface area contributed by atoms with Crippen LogP contribution in [0.5, 0.6) is 0 Å². The number of aliphatic imine (C=N–C) groups is 1. The van der Waals surface area contributed by atoms with Crippen molar-refractivity contribution in [1.29, 1.82) is 0 Å². The van der Waals surface area contributed by atoms with E-state index in [2.05, 4.69) is 4.99 Å². The van der Waals surface area contributed by atoms with Gasteiger partial charge < -0.3 is 9.47 Å². The second kappa shape index (κ2) is 3.56. The van der Waals surface area contributed by atoms with Crippen molar-refractivity contribution >= 4 is 5.90 Å². The zero-order chi connectivity index (χ0) is 7.40. The average Bonchev–Trinajstić information content (AvgIpc) is 2.14. The third-order valence-corrected chi connectivity index (χ3v) is 1.48. The number of nitrogens with zero attached hydrogens (tertiary/aromatic N) is 1. The SMILES string of the molecule is COC1=NC[C@@H](C)OCC1. The van der Waals surface area contributed by atoms with Crippen LogP contribution in [0.15, 0.2) is 4.99 Å². The number of methoxy groups -OCH3 is 1. The van der Waals surface area contributed by atoms with Gasteiger partial charge in [-0.15, -0.1) is 0 Å². The van der Waals surface area contributed by atoms with Gasteiger partial charge in [-0.25, -0.2) is 0 Å². The monoisotopic (exact) mass is 143 g/mol. The fraction of sp³-hybridized carbons (Fsp3) is 0.857. The van der Waals surface area contributed by atoms with Gasteiger partial charge in [0.1, 0.15) is 0 Å². The highest BCUT2D eigenvalue weighted by Crippen LogP contribution is 2.01. The van der Waals surface area contributed by atoms with E-state index in [0.717, 1.165) is 25.5 Å². The topological polar surface area (TPSA) is 30.8 Å². The van der Waals surface area contributed by atoms with Crippen LogP contribution >= 0.6 is 0 Å². The maximum Gasteiger partial charge on any atom is 0.185 e. The summed E-state index contributed by atoms with van der Waals surface area (Å²) in [5.74, 6) is 0.810. The van der Waals surface area contributed by atoms with Gasteiger partial charge in [0.25, 0.3) is 0 Å². The molecule has 0 bridgehead atoms. The van der Waals surface area contributed by atoms with E-state index in [9.17, 15) is 0 Å². The maximum atomic E-state index is 5.34. The molecular formula is C7H13NO2. The standard InChI is InChI=1S/C7H13NO2/c1-6-5-8-7(9-2)3-4-10-6/h6H,3-5H2,1-2H3/t6-/m1/s1. The van der Waals surface area contributed by atoms with E-state index in [1.165, 1.54) is 0 Å². The summed E-state index contributed by atoms with van der Waals surface area (Å²) in [5, 5.41) is 0. The summed E-state index contributed by atoms with van der Waals surface area (Å²) < 4.78 is 10.3. The molecule has 0 aromatic heterocycles. The predicted octanol–water partition coefficient (Wildman–Crippen LogP) is 0.840. The molecule has 1 rings (SSSR count). The Kier molecular flexibility index (Phi) is 2.68. The van der Waals surface area contributed by atoms with Gasteiger partial charge in [-0.2, -0.15) is 0 Å². The minimum Gasteiger partial charge on any atom is -0.484 e. The molecule has 0 N–H and O–H groups in total. The van der Waals surface area contributed by atoms with Crippen LogP contribution in [0, 0.1) is 0 Å². The number of ether oxygens (including phenoxy) is 2. The lowest BCUT2D eigenvalue weighted by molar-refractivity contribution is 0.0811. The molecule has 0 amide bonds. The summed E-state index contributed by atoms with van der Waals surface area (Å²) in [4.78, 5) is 4.19. The number of rotatable bonds is 0. The molecule has 0 aromatic rings. The minimum absolute atomic E-state index is 0.243. The van der Waals surface area contributed by atoms with Gasteiger partial charge in [-0.1, -0.05) is 0 Å². The van der Waals surface area contributed by atoms with Crippen molar-refractivity contribution in [3.8, 4) is 0 Å². The largest absolute Gasteiger partial charge is 0.484 e. The van der Waals surface area contributed by atoms with Crippen LogP contribution in [-0.2, 0) is 9.47 Å². The molecule has 0 saturated heterocycles. The fourth-order valence-electron chi connectivity index (χ4n) is 0.876. The molecule has 58 valence electrons. The van der Waals surface area contributed by atoms with E-state index in [1.807, 2.05) is 6.92 Å². The van der Waals surface area contributed by atoms with E-state index in [0.29, 0.717) is 0 Å². The molecule has 10 heavy (non-hydrogen) atoms. The van der Waals surface area contributed by atoms with Gasteiger partial charge in [0.15, 0.2) is 5.90 Å². The molecule has 3 heteroatoms. The lowest BCUT2D eigenvalue weighted by Crippen LogP contribution is -2.09. The van der Waals surface area contributed by atoms with Crippen molar-refractivity contribution in [2.24, 2.45) is 4.99 Å². The van der Waals surface area contributed by atoms with Gasteiger partial charge in [-0.3, -0.25) is 4.99 Å². The van der Waals surface area contributed by atoms with E-state index < -0.39 is 0 Å². The first-order valence-corrected chi connectivity index (χ1v) is 3.52. The Balaban J connectivity index is 2.43. The van der Waals surface area contributed by atoms with E-state index in [1.54, 1.807) is 7.11 Å². The molecule has 1 heterocycles. The Labute approximate surface area is 61.0 Å². The molecule has 0 aliphatic carbocycles. The third-order valence-electron chi connectivity index (χ3n) is 1.48. The van der Waals surface area contributed by atoms with Crippen LogP contribution in [0.4, 0.5) is 0 Å². The Hall–Kier alpha value is -0.570. The smallest absolute Gasteiger partial charge is 0.185 e. The molecule has 3 nitrogen and oxygen atoms in total. The Morgan fingerprint density at radius 3 is 3.20 bits per heavy atom. The first kappa shape index (κ1) is 7.54. The van der Waals surface area contributed by atoms with Crippen LogP contribution in [0.1, 0.15) is 13.3 Å². The normalized spacial score (nSPS) is 27.0. The van der Waals surface area contributed by atoms with Gasteiger partial charge in [0, 0.05) is 6.42 Å². The molecule has 0 unspecified atom stereocenters. The zero-order valence-corrected chi connectivity index (χ0v) is 6.46. The van der Waals surface area contributed by atoms with Crippen molar-refractivity contribution in [3.05, 3.63) is 0 Å².